The van der Waals surface area contributed by atoms with Crippen molar-refractivity contribution in [3.8, 4) is 5.75 Å². The number of rotatable bonds is 13. The Morgan fingerprint density at radius 1 is 1.07 bits per heavy atom. The van der Waals surface area contributed by atoms with Crippen LogP contribution in [0, 0.1) is 12.8 Å². The first kappa shape index (κ1) is 31.1. The zero-order valence-corrected chi connectivity index (χ0v) is 24.4. The van der Waals surface area contributed by atoms with Gasteiger partial charge in [-0.2, -0.15) is 0 Å². The van der Waals surface area contributed by atoms with Crippen molar-refractivity contribution in [2.75, 3.05) is 19.7 Å². The van der Waals surface area contributed by atoms with Crippen molar-refractivity contribution >= 4 is 17.8 Å². The van der Waals surface area contributed by atoms with Gasteiger partial charge in [-0.3, -0.25) is 14.4 Å². The van der Waals surface area contributed by atoms with Gasteiger partial charge in [-0.25, -0.2) is 0 Å². The Bertz CT molecular complexity index is 1110. The van der Waals surface area contributed by atoms with Crippen LogP contribution in [0.15, 0.2) is 48.5 Å². The zero-order chi connectivity index (χ0) is 29.0. The molecule has 0 saturated carbocycles. The first-order valence-corrected chi connectivity index (χ1v) is 14.3. The summed E-state index contributed by atoms with van der Waals surface area (Å²) in [4.78, 5) is 38.0. The standard InChI is InChI=1S/C32H45N3O5/c1-23-12-13-27(39-18-16-25-11-8-17-33-21-25)20-26(23)22-34-31(38)28(19-24-9-6-5-7-10-24)35-29(36)14-15-30(37)40-32(2,3)4/h5-7,9-10,12-13,20,25,28,33H,8,11,14-19,21-22H2,1-4H3,(H,34,38)(H,35,36). The van der Waals surface area contributed by atoms with Crippen LogP contribution in [0.25, 0.3) is 0 Å². The van der Waals surface area contributed by atoms with Crippen LogP contribution in [-0.4, -0.2) is 49.1 Å². The maximum Gasteiger partial charge on any atom is 0.306 e. The first-order valence-electron chi connectivity index (χ1n) is 14.3. The monoisotopic (exact) mass is 551 g/mol. The van der Waals surface area contributed by atoms with E-state index in [2.05, 4.69) is 16.0 Å². The van der Waals surface area contributed by atoms with Crippen LogP contribution in [0.4, 0.5) is 0 Å². The number of benzene rings is 2. The molecule has 218 valence electrons. The number of carbonyl (C=O) groups excluding carboxylic acids is 3. The van der Waals surface area contributed by atoms with Crippen molar-refractivity contribution in [3.63, 3.8) is 0 Å². The van der Waals surface area contributed by atoms with E-state index < -0.39 is 17.6 Å². The number of esters is 1. The van der Waals surface area contributed by atoms with Gasteiger partial charge in [0.2, 0.25) is 11.8 Å². The lowest BCUT2D eigenvalue weighted by atomic mass is 9.97. The average molecular weight is 552 g/mol. The molecule has 1 fully saturated rings. The molecular formula is C32H45N3O5. The fourth-order valence-corrected chi connectivity index (χ4v) is 4.68. The second-order valence-electron chi connectivity index (χ2n) is 11.6. The highest BCUT2D eigenvalue weighted by molar-refractivity contribution is 5.89. The number of nitrogens with one attached hydrogen (secondary N) is 3. The van der Waals surface area contributed by atoms with E-state index in [4.69, 9.17) is 9.47 Å². The Morgan fingerprint density at radius 2 is 1.85 bits per heavy atom. The summed E-state index contributed by atoms with van der Waals surface area (Å²) in [6.45, 7) is 10.5. The molecule has 2 aromatic rings. The number of carbonyl (C=O) groups is 3. The van der Waals surface area contributed by atoms with E-state index >= 15 is 0 Å². The van der Waals surface area contributed by atoms with E-state index in [9.17, 15) is 14.4 Å². The average Bonchev–Trinajstić information content (AvgIpc) is 2.92. The second-order valence-corrected chi connectivity index (χ2v) is 11.6. The van der Waals surface area contributed by atoms with Crippen molar-refractivity contribution in [1.82, 2.24) is 16.0 Å². The van der Waals surface area contributed by atoms with Gasteiger partial charge in [-0.15, -0.1) is 0 Å². The lowest BCUT2D eigenvalue weighted by Gasteiger charge is -2.22. The molecule has 1 heterocycles. The zero-order valence-electron chi connectivity index (χ0n) is 24.4. The smallest absolute Gasteiger partial charge is 0.306 e. The minimum Gasteiger partial charge on any atom is -0.494 e. The molecule has 2 unspecified atom stereocenters. The third-order valence-corrected chi connectivity index (χ3v) is 6.88. The number of hydrogen-bond donors (Lipinski definition) is 3. The fourth-order valence-electron chi connectivity index (χ4n) is 4.68. The Hall–Kier alpha value is -3.39. The van der Waals surface area contributed by atoms with Crippen LogP contribution >= 0.6 is 0 Å². The SMILES string of the molecule is Cc1ccc(OCCC2CCCNC2)cc1CNC(=O)C(Cc1ccccc1)NC(=O)CCC(=O)OC(C)(C)C. The Kier molecular flexibility index (Phi) is 12.0. The van der Waals surface area contributed by atoms with Gasteiger partial charge in [-0.1, -0.05) is 36.4 Å². The minimum atomic E-state index is -0.780. The molecule has 1 aliphatic heterocycles. The summed E-state index contributed by atoms with van der Waals surface area (Å²) in [5.41, 5.74) is 2.32. The third kappa shape index (κ3) is 11.4. The lowest BCUT2D eigenvalue weighted by molar-refractivity contribution is -0.155. The maximum absolute atomic E-state index is 13.3. The van der Waals surface area contributed by atoms with Gasteiger partial charge >= 0.3 is 5.97 Å². The van der Waals surface area contributed by atoms with Gasteiger partial charge in [0, 0.05) is 19.4 Å². The molecule has 8 heteroatoms. The fraction of sp³-hybridized carbons (Fsp3) is 0.531. The summed E-state index contributed by atoms with van der Waals surface area (Å²) in [7, 11) is 0. The molecule has 0 spiro atoms. The molecule has 0 radical (unpaired) electrons. The van der Waals surface area contributed by atoms with Gasteiger partial charge in [0.1, 0.15) is 17.4 Å². The molecule has 0 aromatic heterocycles. The molecular weight excluding hydrogens is 506 g/mol. The largest absolute Gasteiger partial charge is 0.494 e. The number of aryl methyl sites for hydroxylation is 1. The van der Waals surface area contributed by atoms with Crippen molar-refractivity contribution in [2.24, 2.45) is 5.92 Å². The second kappa shape index (κ2) is 15.4. The summed E-state index contributed by atoms with van der Waals surface area (Å²) < 4.78 is 11.3. The van der Waals surface area contributed by atoms with E-state index in [1.165, 1.54) is 12.8 Å². The third-order valence-electron chi connectivity index (χ3n) is 6.88. The van der Waals surface area contributed by atoms with E-state index in [0.717, 1.165) is 42.0 Å². The van der Waals surface area contributed by atoms with Crippen LogP contribution in [0.1, 0.15) is 69.6 Å². The van der Waals surface area contributed by atoms with Gasteiger partial charge in [0.05, 0.1) is 13.0 Å². The number of ether oxygens (including phenoxy) is 2. The Balaban J connectivity index is 1.56. The predicted molar refractivity (Wildman–Crippen MR) is 156 cm³/mol. The lowest BCUT2D eigenvalue weighted by Crippen LogP contribution is -2.48. The predicted octanol–water partition coefficient (Wildman–Crippen LogP) is 4.23. The highest BCUT2D eigenvalue weighted by atomic mass is 16.6. The molecule has 0 bridgehead atoms. The first-order chi connectivity index (χ1) is 19.1. The normalized spacial score (nSPS) is 16.1. The van der Waals surface area contributed by atoms with Crippen molar-refractivity contribution in [2.45, 2.75) is 84.4 Å². The molecule has 40 heavy (non-hydrogen) atoms. The molecule has 2 aromatic carbocycles. The van der Waals surface area contributed by atoms with Crippen molar-refractivity contribution in [3.05, 3.63) is 65.2 Å². The summed E-state index contributed by atoms with van der Waals surface area (Å²) in [6, 6.07) is 14.7. The van der Waals surface area contributed by atoms with Crippen molar-refractivity contribution < 1.29 is 23.9 Å². The van der Waals surface area contributed by atoms with Gasteiger partial charge in [0.15, 0.2) is 0 Å². The van der Waals surface area contributed by atoms with Crippen LogP contribution in [0.5, 0.6) is 5.75 Å². The van der Waals surface area contributed by atoms with Gasteiger partial charge in [-0.05, 0) is 94.8 Å². The molecule has 3 N–H and O–H groups in total. The Labute approximate surface area is 238 Å². The van der Waals surface area contributed by atoms with E-state index in [1.807, 2.05) is 55.5 Å². The van der Waals surface area contributed by atoms with E-state index in [1.54, 1.807) is 20.8 Å². The van der Waals surface area contributed by atoms with Crippen LogP contribution in [0.2, 0.25) is 0 Å². The molecule has 3 rings (SSSR count). The molecule has 2 amide bonds. The quantitative estimate of drug-likeness (QED) is 0.322. The van der Waals surface area contributed by atoms with Crippen molar-refractivity contribution in [1.29, 1.82) is 0 Å². The van der Waals surface area contributed by atoms with E-state index in [-0.39, 0.29) is 24.7 Å². The molecule has 0 aliphatic carbocycles. The van der Waals surface area contributed by atoms with Gasteiger partial charge in [0.25, 0.3) is 0 Å². The summed E-state index contributed by atoms with van der Waals surface area (Å²) >= 11 is 0. The van der Waals surface area contributed by atoms with E-state index in [0.29, 0.717) is 25.5 Å². The number of piperidine rings is 1. The highest BCUT2D eigenvalue weighted by Gasteiger charge is 2.23. The van der Waals surface area contributed by atoms with Crippen LogP contribution < -0.4 is 20.7 Å². The highest BCUT2D eigenvalue weighted by Crippen LogP contribution is 2.20. The summed E-state index contributed by atoms with van der Waals surface area (Å²) in [5, 5.41) is 9.24. The topological polar surface area (TPSA) is 106 Å². The minimum absolute atomic E-state index is 0.0496. The molecule has 1 aliphatic rings. The number of amides is 2. The molecule has 2 atom stereocenters. The van der Waals surface area contributed by atoms with Crippen LogP contribution in [-0.2, 0) is 32.1 Å². The van der Waals surface area contributed by atoms with Gasteiger partial charge < -0.3 is 25.4 Å². The number of hydrogen-bond acceptors (Lipinski definition) is 6. The summed E-state index contributed by atoms with van der Waals surface area (Å²) in [5.74, 6) is 0.333. The summed E-state index contributed by atoms with van der Waals surface area (Å²) in [6.07, 6.45) is 3.71. The molecule has 8 nitrogen and oxygen atoms in total. The maximum atomic E-state index is 13.3. The van der Waals surface area contributed by atoms with Crippen LogP contribution in [0.3, 0.4) is 0 Å². The molecule has 1 saturated heterocycles. The Morgan fingerprint density at radius 3 is 2.55 bits per heavy atom.